The predicted molar refractivity (Wildman–Crippen MR) is 85.4 cm³/mol. The van der Waals surface area contributed by atoms with Crippen LogP contribution in [0.4, 0.5) is 0 Å². The van der Waals surface area contributed by atoms with E-state index < -0.39 is 56.7 Å². The molecule has 6 N–H and O–H groups in total. The van der Waals surface area contributed by atoms with Crippen molar-refractivity contribution in [3.8, 4) is 28.7 Å². The van der Waals surface area contributed by atoms with Gasteiger partial charge in [0.1, 0.15) is 22.1 Å². The van der Waals surface area contributed by atoms with Crippen molar-refractivity contribution in [3.05, 3.63) is 40.4 Å². The van der Waals surface area contributed by atoms with Crippen LogP contribution in [0.3, 0.4) is 0 Å². The van der Waals surface area contributed by atoms with Crippen LogP contribution in [-0.2, 0) is 10.5 Å². The molecular formula is C16H13ClO9. The molecule has 3 rings (SSSR count). The molecule has 2 aromatic rings. The maximum Gasteiger partial charge on any atom is 0.301 e. The van der Waals surface area contributed by atoms with Crippen LogP contribution in [0, 0.1) is 0 Å². The number of carbonyl (C=O) groups excluding carboxylic acids is 1. The van der Waals surface area contributed by atoms with Gasteiger partial charge >= 0.3 is 5.79 Å². The number of methoxy groups -OCH3 is 1. The Morgan fingerprint density at radius 1 is 1.00 bits per heavy atom. The molecule has 1 aliphatic rings. The first kappa shape index (κ1) is 18.1. The number of ketones is 1. The molecule has 26 heavy (non-hydrogen) atoms. The smallest absolute Gasteiger partial charge is 0.301 e. The Kier molecular flexibility index (Phi) is 3.93. The number of phenolic OH excluding ortho intramolecular Hbond substituents is 4. The third kappa shape index (κ3) is 2.19. The molecule has 1 atom stereocenters. The largest absolute Gasteiger partial charge is 0.507 e. The number of rotatable bonds is 2. The van der Waals surface area contributed by atoms with Crippen molar-refractivity contribution in [1.29, 1.82) is 0 Å². The van der Waals surface area contributed by atoms with Gasteiger partial charge in [-0.1, -0.05) is 11.6 Å². The lowest BCUT2D eigenvalue weighted by Crippen LogP contribution is -2.63. The van der Waals surface area contributed by atoms with E-state index in [0.717, 1.165) is 31.4 Å². The van der Waals surface area contributed by atoms with Crippen LogP contribution in [0.25, 0.3) is 0 Å². The highest BCUT2D eigenvalue weighted by Gasteiger charge is 2.64. The Balaban J connectivity index is 2.34. The molecule has 9 nitrogen and oxygen atoms in total. The minimum atomic E-state index is -3.37. The van der Waals surface area contributed by atoms with E-state index in [1.165, 1.54) is 0 Å². The van der Waals surface area contributed by atoms with E-state index >= 15 is 0 Å². The highest BCUT2D eigenvalue weighted by molar-refractivity contribution is 6.34. The summed E-state index contributed by atoms with van der Waals surface area (Å²) in [5.74, 6) is -10.6. The molecule has 2 aromatic carbocycles. The first-order valence-corrected chi connectivity index (χ1v) is 7.45. The average Bonchev–Trinajstić information content (AvgIpc) is 2.58. The number of benzene rings is 2. The van der Waals surface area contributed by atoms with E-state index in [1.54, 1.807) is 0 Å². The van der Waals surface area contributed by atoms with Crippen molar-refractivity contribution in [2.45, 2.75) is 11.6 Å². The summed E-state index contributed by atoms with van der Waals surface area (Å²) in [5, 5.41) is 59.3. The number of fused-ring (bicyclic) bond motifs is 1. The second-order valence-corrected chi connectivity index (χ2v) is 5.94. The van der Waals surface area contributed by atoms with Crippen LogP contribution in [0.5, 0.6) is 28.7 Å². The lowest BCUT2D eigenvalue weighted by Gasteiger charge is -2.44. The molecule has 0 fully saturated rings. The van der Waals surface area contributed by atoms with E-state index in [4.69, 9.17) is 21.1 Å². The van der Waals surface area contributed by atoms with Gasteiger partial charge in [0, 0.05) is 18.7 Å². The summed E-state index contributed by atoms with van der Waals surface area (Å²) in [6, 6.07) is 3.74. The number of ether oxygens (including phenoxy) is 2. The summed E-state index contributed by atoms with van der Waals surface area (Å²) in [5.41, 5.74) is -0.938. The molecule has 0 bridgehead atoms. The number of hydrogen-bond acceptors (Lipinski definition) is 9. The fourth-order valence-electron chi connectivity index (χ4n) is 2.75. The van der Waals surface area contributed by atoms with Crippen LogP contribution in [0.15, 0.2) is 24.3 Å². The molecule has 0 aromatic heterocycles. The first-order chi connectivity index (χ1) is 12.1. The standard InChI is InChI=1S/C16H13ClO9/c1-25-16(6-2-3-7(18)8(19)4-6)15(23,24)14(22)11-9(20)5-10(21)12(17)13(11)26-16/h2-5,18-21,23-24H,1H3. The molecule has 10 heteroatoms. The van der Waals surface area contributed by atoms with Crippen LogP contribution in [0.1, 0.15) is 15.9 Å². The molecule has 0 amide bonds. The average molecular weight is 385 g/mol. The Labute approximate surface area is 150 Å². The normalized spacial score (nSPS) is 21.2. The minimum Gasteiger partial charge on any atom is -0.507 e. The van der Waals surface area contributed by atoms with Crippen LogP contribution >= 0.6 is 11.6 Å². The molecule has 1 heterocycles. The Morgan fingerprint density at radius 2 is 1.65 bits per heavy atom. The van der Waals surface area contributed by atoms with Gasteiger partial charge in [-0.2, -0.15) is 0 Å². The zero-order valence-corrected chi connectivity index (χ0v) is 13.9. The highest BCUT2D eigenvalue weighted by Crippen LogP contribution is 2.53. The third-order valence-electron chi connectivity index (χ3n) is 4.07. The van der Waals surface area contributed by atoms with E-state index in [1.807, 2.05) is 0 Å². The summed E-state index contributed by atoms with van der Waals surface area (Å²) in [6.45, 7) is 0. The monoisotopic (exact) mass is 384 g/mol. The topological polar surface area (TPSA) is 157 Å². The number of aliphatic hydroxyl groups is 2. The van der Waals surface area contributed by atoms with Crippen LogP contribution < -0.4 is 4.74 Å². The zero-order valence-electron chi connectivity index (χ0n) is 13.1. The summed E-state index contributed by atoms with van der Waals surface area (Å²) < 4.78 is 10.5. The quantitative estimate of drug-likeness (QED) is 0.327. The minimum absolute atomic E-state index is 0.266. The second-order valence-electron chi connectivity index (χ2n) is 5.56. The van der Waals surface area contributed by atoms with Crippen LogP contribution in [0.2, 0.25) is 5.02 Å². The molecule has 0 saturated carbocycles. The Bertz CT molecular complexity index is 924. The van der Waals surface area contributed by atoms with Crippen LogP contribution in [-0.4, -0.2) is 49.3 Å². The van der Waals surface area contributed by atoms with Gasteiger partial charge in [0.05, 0.1) is 0 Å². The van der Waals surface area contributed by atoms with Gasteiger partial charge in [0.2, 0.25) is 5.78 Å². The van der Waals surface area contributed by atoms with Gasteiger partial charge in [-0.25, -0.2) is 0 Å². The van der Waals surface area contributed by atoms with Gasteiger partial charge in [-0.05, 0) is 18.2 Å². The lowest BCUT2D eigenvalue weighted by molar-refractivity contribution is -0.338. The fourth-order valence-corrected chi connectivity index (χ4v) is 2.94. The van der Waals surface area contributed by atoms with Crippen molar-refractivity contribution >= 4 is 17.4 Å². The van der Waals surface area contributed by atoms with Crippen molar-refractivity contribution in [2.75, 3.05) is 7.11 Å². The first-order valence-electron chi connectivity index (χ1n) is 7.07. The summed E-state index contributed by atoms with van der Waals surface area (Å²) >= 11 is 5.92. The van der Waals surface area contributed by atoms with Crippen molar-refractivity contribution in [2.24, 2.45) is 0 Å². The number of halogens is 1. The van der Waals surface area contributed by atoms with Crippen molar-refractivity contribution in [3.63, 3.8) is 0 Å². The zero-order chi connectivity index (χ0) is 19.4. The number of Topliss-reactive ketones (excluding diaryl/α,β-unsaturated/α-hetero) is 1. The van der Waals surface area contributed by atoms with E-state index in [9.17, 15) is 35.4 Å². The summed E-state index contributed by atoms with van der Waals surface area (Å²) in [4.78, 5) is 12.7. The SMILES string of the molecule is COC1(c2ccc(O)c(O)c2)Oc2c(Cl)c(O)cc(O)c2C(=O)C1(O)O. The van der Waals surface area contributed by atoms with Crippen molar-refractivity contribution < 1.29 is 44.9 Å². The lowest BCUT2D eigenvalue weighted by atomic mass is 9.86. The molecule has 0 saturated heterocycles. The second kappa shape index (κ2) is 5.64. The van der Waals surface area contributed by atoms with E-state index in [0.29, 0.717) is 0 Å². The predicted octanol–water partition coefficient (Wildman–Crippen LogP) is 0.918. The van der Waals surface area contributed by atoms with Crippen molar-refractivity contribution in [1.82, 2.24) is 0 Å². The number of aromatic hydroxyl groups is 4. The maximum absolute atomic E-state index is 12.7. The van der Waals surface area contributed by atoms with E-state index in [2.05, 4.69) is 0 Å². The van der Waals surface area contributed by atoms with Gasteiger partial charge in [0.15, 0.2) is 17.2 Å². The maximum atomic E-state index is 12.7. The summed E-state index contributed by atoms with van der Waals surface area (Å²) in [7, 11) is 0.986. The molecular weight excluding hydrogens is 372 g/mol. The number of hydrogen-bond donors (Lipinski definition) is 6. The molecule has 0 radical (unpaired) electrons. The van der Waals surface area contributed by atoms with E-state index in [-0.39, 0.29) is 5.56 Å². The van der Waals surface area contributed by atoms with Gasteiger partial charge < -0.3 is 40.1 Å². The fraction of sp³-hybridized carbons (Fsp3) is 0.188. The van der Waals surface area contributed by atoms with Gasteiger partial charge in [-0.15, -0.1) is 0 Å². The highest BCUT2D eigenvalue weighted by atomic mass is 35.5. The molecule has 0 aliphatic carbocycles. The third-order valence-corrected chi connectivity index (χ3v) is 4.44. The molecule has 1 aliphatic heterocycles. The Hall–Kier alpha value is -2.72. The van der Waals surface area contributed by atoms with Gasteiger partial charge in [-0.3, -0.25) is 4.79 Å². The Morgan fingerprint density at radius 3 is 2.23 bits per heavy atom. The summed E-state index contributed by atoms with van der Waals surface area (Å²) in [6.07, 6.45) is 0. The molecule has 0 spiro atoms. The molecule has 138 valence electrons. The number of phenols is 4. The number of carbonyl (C=O) groups is 1. The molecule has 1 unspecified atom stereocenters. The van der Waals surface area contributed by atoms with Gasteiger partial charge in [0.25, 0.3) is 5.79 Å².